The Balaban J connectivity index is 1.85. The Morgan fingerprint density at radius 3 is 2.67 bits per heavy atom. The highest BCUT2D eigenvalue weighted by atomic mass is 16.2. The van der Waals surface area contributed by atoms with Crippen LogP contribution in [-0.2, 0) is 0 Å². The lowest BCUT2D eigenvalue weighted by Crippen LogP contribution is -2.30. The number of nitriles is 1. The summed E-state index contributed by atoms with van der Waals surface area (Å²) in [5.41, 5.74) is 4.49. The van der Waals surface area contributed by atoms with Crippen molar-refractivity contribution >= 4 is 23.0 Å². The van der Waals surface area contributed by atoms with Crippen molar-refractivity contribution in [2.75, 3.05) is 16.8 Å². The van der Waals surface area contributed by atoms with Crippen LogP contribution in [0, 0.1) is 18.3 Å². The lowest BCUT2D eigenvalue weighted by atomic mass is 10.1. The molecule has 0 saturated carbocycles. The molecule has 0 bridgehead atoms. The van der Waals surface area contributed by atoms with Crippen LogP contribution in [0.3, 0.4) is 0 Å². The predicted molar refractivity (Wildman–Crippen MR) is 107 cm³/mol. The first kappa shape index (κ1) is 18.2. The monoisotopic (exact) mass is 356 g/mol. The van der Waals surface area contributed by atoms with Crippen LogP contribution in [0.15, 0.2) is 67.0 Å². The molecule has 0 unspecified atom stereocenters. The quantitative estimate of drug-likeness (QED) is 0.721. The molecule has 27 heavy (non-hydrogen) atoms. The molecule has 0 fully saturated rings. The number of carbonyl (C=O) groups excluding carboxylic acids is 1. The van der Waals surface area contributed by atoms with Crippen LogP contribution in [0.1, 0.15) is 28.4 Å². The van der Waals surface area contributed by atoms with Crippen molar-refractivity contribution in [1.29, 1.82) is 5.26 Å². The van der Waals surface area contributed by atoms with Gasteiger partial charge < -0.3 is 10.2 Å². The van der Waals surface area contributed by atoms with Gasteiger partial charge in [0.05, 0.1) is 29.1 Å². The fraction of sp³-hybridized carbons (Fsp3) is 0.136. The number of nitrogens with one attached hydrogen (secondary N) is 1. The van der Waals surface area contributed by atoms with Crippen molar-refractivity contribution in [1.82, 2.24) is 4.98 Å². The normalized spacial score (nSPS) is 10.1. The molecule has 0 aliphatic rings. The first-order valence-corrected chi connectivity index (χ1v) is 8.71. The molecule has 0 spiro atoms. The number of rotatable bonds is 5. The second-order valence-corrected chi connectivity index (χ2v) is 6.17. The maximum absolute atomic E-state index is 13.0. The number of aromatic nitrogens is 1. The molecule has 5 heteroatoms. The fourth-order valence-corrected chi connectivity index (χ4v) is 2.85. The van der Waals surface area contributed by atoms with Crippen molar-refractivity contribution in [3.8, 4) is 6.07 Å². The van der Waals surface area contributed by atoms with E-state index in [9.17, 15) is 4.79 Å². The third-order valence-corrected chi connectivity index (χ3v) is 4.14. The van der Waals surface area contributed by atoms with Crippen molar-refractivity contribution in [2.45, 2.75) is 13.8 Å². The molecule has 0 aliphatic carbocycles. The summed E-state index contributed by atoms with van der Waals surface area (Å²) < 4.78 is 0. The van der Waals surface area contributed by atoms with Crippen LogP contribution >= 0.6 is 0 Å². The second kappa shape index (κ2) is 8.15. The highest BCUT2D eigenvalue weighted by molar-refractivity contribution is 6.06. The zero-order valence-corrected chi connectivity index (χ0v) is 15.3. The zero-order valence-electron chi connectivity index (χ0n) is 15.3. The SMILES string of the molecule is CCN(C(=O)c1cncc(Nc2cccc(C#N)c2)c1)c1cccc(C)c1. The van der Waals surface area contributed by atoms with Crippen LogP contribution in [-0.4, -0.2) is 17.4 Å². The maximum atomic E-state index is 13.0. The Kier molecular flexibility index (Phi) is 5.48. The van der Waals surface area contributed by atoms with E-state index in [-0.39, 0.29) is 5.91 Å². The molecule has 1 heterocycles. The zero-order chi connectivity index (χ0) is 19.2. The minimum absolute atomic E-state index is 0.106. The number of anilines is 3. The standard InChI is InChI=1S/C22H20N4O/c1-3-26(21-9-4-6-16(2)10-21)22(27)18-12-20(15-24-14-18)25-19-8-5-7-17(11-19)13-23/h4-12,14-15,25H,3H2,1-2H3. The van der Waals surface area contributed by atoms with E-state index in [1.54, 1.807) is 41.6 Å². The number of hydrogen-bond donors (Lipinski definition) is 1. The molecule has 3 rings (SSSR count). The average molecular weight is 356 g/mol. The molecular formula is C22H20N4O. The number of hydrogen-bond acceptors (Lipinski definition) is 4. The van der Waals surface area contributed by atoms with E-state index < -0.39 is 0 Å². The summed E-state index contributed by atoms with van der Waals surface area (Å²) in [6, 6.07) is 18.9. The summed E-state index contributed by atoms with van der Waals surface area (Å²) in [4.78, 5) is 18.9. The topological polar surface area (TPSA) is 69.0 Å². The number of nitrogens with zero attached hydrogens (tertiary/aromatic N) is 3. The molecule has 0 radical (unpaired) electrons. The Hall–Kier alpha value is -3.65. The summed E-state index contributed by atoms with van der Waals surface area (Å²) in [6.45, 7) is 4.51. The lowest BCUT2D eigenvalue weighted by molar-refractivity contribution is 0.0988. The summed E-state index contributed by atoms with van der Waals surface area (Å²) in [6.07, 6.45) is 3.22. The van der Waals surface area contributed by atoms with Gasteiger partial charge in [-0.3, -0.25) is 9.78 Å². The van der Waals surface area contributed by atoms with Crippen LogP contribution in [0.2, 0.25) is 0 Å². The molecule has 1 N–H and O–H groups in total. The van der Waals surface area contributed by atoms with E-state index >= 15 is 0 Å². The van der Waals surface area contributed by atoms with Gasteiger partial charge in [-0.1, -0.05) is 18.2 Å². The van der Waals surface area contributed by atoms with Gasteiger partial charge in [-0.05, 0) is 55.8 Å². The van der Waals surface area contributed by atoms with Gasteiger partial charge in [0.15, 0.2) is 0 Å². The molecule has 1 amide bonds. The van der Waals surface area contributed by atoms with Crippen LogP contribution < -0.4 is 10.2 Å². The van der Waals surface area contributed by atoms with Crippen molar-refractivity contribution in [3.63, 3.8) is 0 Å². The Labute approximate surface area is 158 Å². The Morgan fingerprint density at radius 1 is 1.11 bits per heavy atom. The summed E-state index contributed by atoms with van der Waals surface area (Å²) in [5.74, 6) is -0.106. The molecular weight excluding hydrogens is 336 g/mol. The van der Waals surface area contributed by atoms with Gasteiger partial charge in [-0.2, -0.15) is 5.26 Å². The van der Waals surface area contributed by atoms with Gasteiger partial charge in [-0.25, -0.2) is 0 Å². The van der Waals surface area contributed by atoms with Gasteiger partial charge in [0.2, 0.25) is 0 Å². The highest BCUT2D eigenvalue weighted by Gasteiger charge is 2.17. The van der Waals surface area contributed by atoms with E-state index in [0.29, 0.717) is 23.4 Å². The minimum atomic E-state index is -0.106. The molecule has 2 aromatic carbocycles. The van der Waals surface area contributed by atoms with Crippen molar-refractivity contribution in [2.24, 2.45) is 0 Å². The van der Waals surface area contributed by atoms with Gasteiger partial charge in [0.1, 0.15) is 0 Å². The fourth-order valence-electron chi connectivity index (χ4n) is 2.85. The number of aryl methyl sites for hydroxylation is 1. The smallest absolute Gasteiger partial charge is 0.259 e. The molecule has 3 aromatic rings. The summed E-state index contributed by atoms with van der Waals surface area (Å²) >= 11 is 0. The number of benzene rings is 2. The lowest BCUT2D eigenvalue weighted by Gasteiger charge is -2.21. The molecule has 1 aromatic heterocycles. The summed E-state index contributed by atoms with van der Waals surface area (Å²) in [5, 5.41) is 12.2. The van der Waals surface area contributed by atoms with E-state index in [1.165, 1.54) is 0 Å². The second-order valence-electron chi connectivity index (χ2n) is 6.17. The van der Waals surface area contributed by atoms with Crippen LogP contribution in [0.4, 0.5) is 17.1 Å². The number of pyridine rings is 1. The van der Waals surface area contributed by atoms with Crippen LogP contribution in [0.5, 0.6) is 0 Å². The van der Waals surface area contributed by atoms with Crippen LogP contribution in [0.25, 0.3) is 0 Å². The molecule has 0 atom stereocenters. The Bertz CT molecular complexity index is 1010. The molecule has 0 saturated heterocycles. The van der Waals surface area contributed by atoms with Crippen molar-refractivity contribution < 1.29 is 4.79 Å². The number of carbonyl (C=O) groups is 1. The summed E-state index contributed by atoms with van der Waals surface area (Å²) in [7, 11) is 0. The third kappa shape index (κ3) is 4.31. The first-order chi connectivity index (χ1) is 13.1. The van der Waals surface area contributed by atoms with Crippen molar-refractivity contribution in [3.05, 3.63) is 83.7 Å². The minimum Gasteiger partial charge on any atom is -0.354 e. The maximum Gasteiger partial charge on any atom is 0.259 e. The first-order valence-electron chi connectivity index (χ1n) is 8.71. The van der Waals surface area contributed by atoms with E-state index in [0.717, 1.165) is 16.9 Å². The third-order valence-electron chi connectivity index (χ3n) is 4.14. The van der Waals surface area contributed by atoms with Gasteiger partial charge >= 0.3 is 0 Å². The van der Waals surface area contributed by atoms with Gasteiger partial charge in [-0.15, -0.1) is 0 Å². The predicted octanol–water partition coefficient (Wildman–Crippen LogP) is 4.67. The Morgan fingerprint density at radius 2 is 1.93 bits per heavy atom. The van der Waals surface area contributed by atoms with Gasteiger partial charge in [0.25, 0.3) is 5.91 Å². The average Bonchev–Trinajstić information content (AvgIpc) is 2.69. The largest absolute Gasteiger partial charge is 0.354 e. The molecule has 134 valence electrons. The highest BCUT2D eigenvalue weighted by Crippen LogP contribution is 2.21. The van der Waals surface area contributed by atoms with E-state index in [2.05, 4.69) is 16.4 Å². The molecule has 5 nitrogen and oxygen atoms in total. The van der Waals surface area contributed by atoms with E-state index in [1.807, 2.05) is 44.2 Å². The van der Waals surface area contributed by atoms with E-state index in [4.69, 9.17) is 5.26 Å². The van der Waals surface area contributed by atoms with Gasteiger partial charge in [0, 0.05) is 24.1 Å². The molecule has 0 aliphatic heterocycles. The number of amides is 1.